The van der Waals surface area contributed by atoms with E-state index in [4.69, 9.17) is 4.74 Å². The molecule has 1 aliphatic heterocycles. The highest BCUT2D eigenvalue weighted by Gasteiger charge is 2.29. The topological polar surface area (TPSA) is 88.6 Å². The third-order valence-electron chi connectivity index (χ3n) is 4.40. The molecule has 7 nitrogen and oxygen atoms in total. The van der Waals surface area contributed by atoms with Gasteiger partial charge in [0.2, 0.25) is 10.0 Å². The van der Waals surface area contributed by atoms with E-state index < -0.39 is 15.6 Å². The van der Waals surface area contributed by atoms with Crippen LogP contribution in [0.5, 0.6) is 0 Å². The van der Waals surface area contributed by atoms with Crippen LogP contribution in [-0.4, -0.2) is 49.1 Å². The number of hydrogen-bond acceptors (Lipinski definition) is 5. The van der Waals surface area contributed by atoms with Gasteiger partial charge in [0, 0.05) is 42.3 Å². The molecule has 0 spiro atoms. The Hall–Kier alpha value is -2.19. The molecule has 0 aliphatic carbocycles. The number of piperidine rings is 1. The minimum Gasteiger partial charge on any atom is -0.444 e. The van der Waals surface area contributed by atoms with E-state index in [2.05, 4.69) is 9.71 Å². The normalized spacial score (nSPS) is 16.5. The summed E-state index contributed by atoms with van der Waals surface area (Å²) in [6.45, 7) is 6.39. The van der Waals surface area contributed by atoms with Crippen LogP contribution in [0, 0.1) is 0 Å². The Morgan fingerprint density at radius 3 is 2.59 bits per heavy atom. The minimum atomic E-state index is -3.67. The van der Waals surface area contributed by atoms with Gasteiger partial charge in [-0.2, -0.15) is 0 Å². The zero-order valence-electron chi connectivity index (χ0n) is 15.8. The zero-order chi connectivity index (χ0) is 19.7. The highest BCUT2D eigenvalue weighted by Crippen LogP contribution is 2.23. The van der Waals surface area contributed by atoms with Crippen molar-refractivity contribution in [2.75, 3.05) is 13.1 Å². The van der Waals surface area contributed by atoms with Crippen LogP contribution in [0.2, 0.25) is 0 Å². The molecular formula is C19H25N3O4S. The van der Waals surface area contributed by atoms with E-state index >= 15 is 0 Å². The second-order valence-electron chi connectivity index (χ2n) is 7.72. The molecule has 1 aromatic heterocycles. The van der Waals surface area contributed by atoms with Crippen LogP contribution < -0.4 is 4.72 Å². The first-order valence-corrected chi connectivity index (χ1v) is 10.5. The van der Waals surface area contributed by atoms with Gasteiger partial charge in [0.15, 0.2) is 0 Å². The molecule has 0 bridgehead atoms. The van der Waals surface area contributed by atoms with Gasteiger partial charge in [-0.3, -0.25) is 4.98 Å². The van der Waals surface area contributed by atoms with E-state index in [1.54, 1.807) is 35.5 Å². The maximum atomic E-state index is 12.9. The number of amides is 1. The van der Waals surface area contributed by atoms with Crippen molar-refractivity contribution in [3.05, 3.63) is 36.7 Å². The molecule has 146 valence electrons. The number of hydrogen-bond donors (Lipinski definition) is 1. The van der Waals surface area contributed by atoms with E-state index in [1.807, 2.05) is 26.8 Å². The Morgan fingerprint density at radius 2 is 1.93 bits per heavy atom. The SMILES string of the molecule is CC(C)(C)OC(=O)N1CCC(NS(=O)(=O)c2cccc3cnccc23)CC1. The Labute approximate surface area is 159 Å². The highest BCUT2D eigenvalue weighted by atomic mass is 32.2. The van der Waals surface area contributed by atoms with Crippen LogP contribution in [0.25, 0.3) is 10.8 Å². The summed E-state index contributed by atoms with van der Waals surface area (Å²) in [4.78, 5) is 18.0. The van der Waals surface area contributed by atoms with Gasteiger partial charge in [-0.15, -0.1) is 0 Å². The first-order chi connectivity index (χ1) is 12.7. The fraction of sp³-hybridized carbons (Fsp3) is 0.474. The van der Waals surface area contributed by atoms with E-state index in [0.29, 0.717) is 31.3 Å². The van der Waals surface area contributed by atoms with Crippen LogP contribution in [0.4, 0.5) is 4.79 Å². The number of nitrogens with one attached hydrogen (secondary N) is 1. The fourth-order valence-corrected chi connectivity index (χ4v) is 4.65. The summed E-state index contributed by atoms with van der Waals surface area (Å²) in [7, 11) is -3.67. The Morgan fingerprint density at radius 1 is 1.22 bits per heavy atom. The van der Waals surface area contributed by atoms with Crippen molar-refractivity contribution in [3.8, 4) is 0 Å². The average Bonchev–Trinajstić information content (AvgIpc) is 2.60. The van der Waals surface area contributed by atoms with Crippen molar-refractivity contribution in [2.24, 2.45) is 0 Å². The van der Waals surface area contributed by atoms with E-state index in [1.165, 1.54) is 0 Å². The maximum absolute atomic E-state index is 12.9. The molecule has 1 amide bonds. The second kappa shape index (κ2) is 7.44. The minimum absolute atomic E-state index is 0.217. The summed E-state index contributed by atoms with van der Waals surface area (Å²) >= 11 is 0. The Bertz CT molecular complexity index is 924. The standard InChI is InChI=1S/C19H25N3O4S/c1-19(2,3)26-18(23)22-11-8-15(9-12-22)21-27(24,25)17-6-4-5-14-13-20-10-7-16(14)17/h4-7,10,13,15,21H,8-9,11-12H2,1-3H3. The van der Waals surface area contributed by atoms with Gasteiger partial charge < -0.3 is 9.64 Å². The van der Waals surface area contributed by atoms with Gasteiger partial charge in [0.05, 0.1) is 4.90 Å². The predicted octanol–water partition coefficient (Wildman–Crippen LogP) is 2.91. The van der Waals surface area contributed by atoms with E-state index in [-0.39, 0.29) is 17.0 Å². The van der Waals surface area contributed by atoms with Crippen molar-refractivity contribution in [1.82, 2.24) is 14.6 Å². The maximum Gasteiger partial charge on any atom is 0.410 e. The number of aromatic nitrogens is 1. The van der Waals surface area contributed by atoms with Crippen molar-refractivity contribution in [3.63, 3.8) is 0 Å². The molecule has 1 saturated heterocycles. The summed E-state index contributed by atoms with van der Waals surface area (Å²) in [6.07, 6.45) is 3.97. The van der Waals surface area contributed by atoms with Crippen LogP contribution in [-0.2, 0) is 14.8 Å². The van der Waals surface area contributed by atoms with Gasteiger partial charge in [-0.25, -0.2) is 17.9 Å². The molecule has 0 atom stereocenters. The van der Waals surface area contributed by atoms with E-state index in [9.17, 15) is 13.2 Å². The van der Waals surface area contributed by atoms with E-state index in [0.717, 1.165) is 5.39 Å². The molecule has 3 rings (SSSR count). The largest absolute Gasteiger partial charge is 0.444 e. The first-order valence-electron chi connectivity index (χ1n) is 8.99. The number of benzene rings is 1. The quantitative estimate of drug-likeness (QED) is 0.869. The molecule has 1 aliphatic rings. The molecule has 8 heteroatoms. The lowest BCUT2D eigenvalue weighted by molar-refractivity contribution is 0.0203. The third-order valence-corrected chi connectivity index (χ3v) is 5.98. The molecule has 0 unspecified atom stereocenters. The lowest BCUT2D eigenvalue weighted by atomic mass is 10.1. The number of carbonyl (C=O) groups excluding carboxylic acids is 1. The predicted molar refractivity (Wildman–Crippen MR) is 103 cm³/mol. The molecule has 27 heavy (non-hydrogen) atoms. The second-order valence-corrected chi connectivity index (χ2v) is 9.40. The number of carbonyl (C=O) groups is 1. The number of pyridine rings is 1. The molecular weight excluding hydrogens is 366 g/mol. The van der Waals surface area contributed by atoms with Crippen LogP contribution >= 0.6 is 0 Å². The third kappa shape index (κ3) is 4.75. The van der Waals surface area contributed by atoms with Gasteiger partial charge in [0.1, 0.15) is 5.60 Å². The smallest absolute Gasteiger partial charge is 0.410 e. The van der Waals surface area contributed by atoms with Gasteiger partial charge in [0.25, 0.3) is 0 Å². The summed E-state index contributed by atoms with van der Waals surface area (Å²) < 4.78 is 33.9. The average molecular weight is 391 g/mol. The lowest BCUT2D eigenvalue weighted by Crippen LogP contribution is -2.47. The molecule has 1 aromatic carbocycles. The number of fused-ring (bicyclic) bond motifs is 1. The highest BCUT2D eigenvalue weighted by molar-refractivity contribution is 7.89. The molecule has 2 heterocycles. The van der Waals surface area contributed by atoms with Crippen molar-refractivity contribution >= 4 is 26.9 Å². The van der Waals surface area contributed by atoms with Crippen LogP contribution in [0.15, 0.2) is 41.6 Å². The summed E-state index contributed by atoms with van der Waals surface area (Å²) in [5.74, 6) is 0. The monoisotopic (exact) mass is 391 g/mol. The number of ether oxygens (including phenoxy) is 1. The zero-order valence-corrected chi connectivity index (χ0v) is 16.6. The van der Waals surface area contributed by atoms with Gasteiger partial charge in [-0.05, 0) is 45.7 Å². The summed E-state index contributed by atoms with van der Waals surface area (Å²) in [6, 6.07) is 6.63. The van der Waals surface area contributed by atoms with Crippen LogP contribution in [0.3, 0.4) is 0 Å². The van der Waals surface area contributed by atoms with Crippen molar-refractivity contribution < 1.29 is 17.9 Å². The number of sulfonamides is 1. The van der Waals surface area contributed by atoms with Gasteiger partial charge >= 0.3 is 6.09 Å². The fourth-order valence-electron chi connectivity index (χ4n) is 3.12. The summed E-state index contributed by atoms with van der Waals surface area (Å²) in [5.41, 5.74) is -0.543. The lowest BCUT2D eigenvalue weighted by Gasteiger charge is -2.33. The Kier molecular flexibility index (Phi) is 5.39. The van der Waals surface area contributed by atoms with Crippen molar-refractivity contribution in [2.45, 2.75) is 50.2 Å². The molecule has 1 N–H and O–H groups in total. The molecule has 0 radical (unpaired) electrons. The molecule has 2 aromatic rings. The number of nitrogens with zero attached hydrogens (tertiary/aromatic N) is 2. The number of rotatable bonds is 3. The summed E-state index contributed by atoms with van der Waals surface area (Å²) in [5, 5.41) is 1.42. The first kappa shape index (κ1) is 19.6. The number of likely N-dealkylation sites (tertiary alicyclic amines) is 1. The van der Waals surface area contributed by atoms with Crippen molar-refractivity contribution in [1.29, 1.82) is 0 Å². The van der Waals surface area contributed by atoms with Crippen LogP contribution in [0.1, 0.15) is 33.6 Å². The van der Waals surface area contributed by atoms with Gasteiger partial charge in [-0.1, -0.05) is 12.1 Å². The Balaban J connectivity index is 1.67. The molecule has 1 fully saturated rings. The molecule has 0 saturated carbocycles.